The standard InChI is InChI=1S/C52H95NO18/c1-3-5-7-9-11-12-13-14-15-16-17-18-19-20-21-22-24-26-28-30-40(58)53-35(36(57)29-27-25-23-10-8-6-4-2)34-66-50-46(64)43(61)48(38(32-55)68-50)71-52-47(65)44(62)49(39(33-56)69-52)70-51-45(63)42(60)41(59)37(31-54)67-51/h14-15,27,29,35-39,41-52,54-57,59-65H,3-13,16-26,28,30-34H2,1-2H3,(H,53,58)/b15-14-,29-27+. The Bertz CT molecular complexity index is 1410. The summed E-state index contributed by atoms with van der Waals surface area (Å²) in [4.78, 5) is 13.2. The van der Waals surface area contributed by atoms with Crippen molar-refractivity contribution in [3.05, 3.63) is 24.3 Å². The average Bonchev–Trinajstić information content (AvgIpc) is 3.36. The number of nitrogens with one attached hydrogen (secondary N) is 1. The van der Waals surface area contributed by atoms with Gasteiger partial charge in [-0.2, -0.15) is 0 Å². The molecule has 19 nitrogen and oxygen atoms in total. The molecule has 0 spiro atoms. The molecular weight excluding hydrogens is 927 g/mol. The molecule has 3 fully saturated rings. The van der Waals surface area contributed by atoms with Crippen LogP contribution in [0.1, 0.15) is 168 Å². The Morgan fingerprint density at radius 2 is 0.887 bits per heavy atom. The largest absolute Gasteiger partial charge is 0.394 e. The lowest BCUT2D eigenvalue weighted by Gasteiger charge is -2.48. The number of ether oxygens (including phenoxy) is 6. The fourth-order valence-electron chi connectivity index (χ4n) is 9.18. The first-order chi connectivity index (χ1) is 34.3. The van der Waals surface area contributed by atoms with E-state index in [-0.39, 0.29) is 18.9 Å². The summed E-state index contributed by atoms with van der Waals surface area (Å²) >= 11 is 0. The van der Waals surface area contributed by atoms with E-state index in [9.17, 15) is 61.0 Å². The van der Waals surface area contributed by atoms with Gasteiger partial charge in [0.05, 0.1) is 38.6 Å². The van der Waals surface area contributed by atoms with Crippen LogP contribution in [0.3, 0.4) is 0 Å². The Morgan fingerprint density at radius 3 is 1.37 bits per heavy atom. The number of carbonyl (C=O) groups excluding carboxylic acids is 1. The first-order valence-electron chi connectivity index (χ1n) is 27.1. The van der Waals surface area contributed by atoms with Gasteiger partial charge < -0.3 is 89.9 Å². The molecule has 0 aromatic rings. The summed E-state index contributed by atoms with van der Waals surface area (Å²) in [5.41, 5.74) is 0. The van der Waals surface area contributed by atoms with Gasteiger partial charge in [-0.3, -0.25) is 4.79 Å². The molecular formula is C52H95NO18. The molecule has 3 heterocycles. The second kappa shape index (κ2) is 37.1. The SMILES string of the molecule is CCCCCCC/C=C/C(O)C(COC1OC(CO)C(OC2OC(CO)C(OC3OC(CO)C(O)C(O)C3O)C(O)C2O)C(O)C1O)NC(=O)CCCCCCCCCCC/C=C\CCCCCCCC. The summed E-state index contributed by atoms with van der Waals surface area (Å²) in [7, 11) is 0. The fourth-order valence-corrected chi connectivity index (χ4v) is 9.18. The van der Waals surface area contributed by atoms with Gasteiger partial charge in [0.1, 0.15) is 73.2 Å². The Labute approximate surface area is 422 Å². The zero-order valence-electron chi connectivity index (χ0n) is 42.7. The third-order valence-electron chi connectivity index (χ3n) is 13.7. The van der Waals surface area contributed by atoms with Crippen LogP contribution in [0.25, 0.3) is 0 Å². The van der Waals surface area contributed by atoms with E-state index in [0.29, 0.717) is 6.42 Å². The molecule has 19 heteroatoms. The highest BCUT2D eigenvalue weighted by atomic mass is 16.8. The van der Waals surface area contributed by atoms with Crippen LogP contribution >= 0.6 is 0 Å². The Hall–Kier alpha value is -1.73. The van der Waals surface area contributed by atoms with Gasteiger partial charge in [0, 0.05) is 6.42 Å². The quantitative estimate of drug-likeness (QED) is 0.0313. The molecule has 3 aliphatic rings. The molecule has 0 aromatic carbocycles. The molecule has 0 saturated carbocycles. The Kier molecular flexibility index (Phi) is 33.2. The van der Waals surface area contributed by atoms with Crippen LogP contribution in [0.15, 0.2) is 24.3 Å². The van der Waals surface area contributed by atoms with E-state index in [0.717, 1.165) is 64.2 Å². The number of allylic oxidation sites excluding steroid dienone is 3. The number of hydrogen-bond donors (Lipinski definition) is 12. The van der Waals surface area contributed by atoms with Crippen molar-refractivity contribution in [2.24, 2.45) is 0 Å². The van der Waals surface area contributed by atoms with Gasteiger partial charge in [-0.25, -0.2) is 0 Å². The van der Waals surface area contributed by atoms with E-state index in [1.807, 2.05) is 6.08 Å². The average molecular weight is 1020 g/mol. The molecule has 17 atom stereocenters. The first kappa shape index (κ1) is 63.6. The molecule has 0 aromatic heterocycles. The van der Waals surface area contributed by atoms with Gasteiger partial charge in [0.25, 0.3) is 0 Å². The van der Waals surface area contributed by atoms with E-state index in [1.165, 1.54) is 77.0 Å². The maximum atomic E-state index is 13.2. The molecule has 1 amide bonds. The molecule has 3 saturated heterocycles. The number of unbranched alkanes of at least 4 members (excludes halogenated alkanes) is 20. The molecule has 71 heavy (non-hydrogen) atoms. The van der Waals surface area contributed by atoms with Gasteiger partial charge >= 0.3 is 0 Å². The highest BCUT2D eigenvalue weighted by molar-refractivity contribution is 5.76. The minimum Gasteiger partial charge on any atom is -0.394 e. The van der Waals surface area contributed by atoms with E-state index < -0.39 is 124 Å². The third kappa shape index (κ3) is 22.6. The second-order valence-corrected chi connectivity index (χ2v) is 19.7. The van der Waals surface area contributed by atoms with Gasteiger partial charge in [-0.15, -0.1) is 0 Å². The van der Waals surface area contributed by atoms with Crippen molar-refractivity contribution in [3.8, 4) is 0 Å². The van der Waals surface area contributed by atoms with Crippen molar-refractivity contribution in [1.29, 1.82) is 0 Å². The number of amides is 1. The Balaban J connectivity index is 1.48. The summed E-state index contributed by atoms with van der Waals surface area (Å²) in [6, 6.07) is -0.968. The number of hydrogen-bond acceptors (Lipinski definition) is 18. The van der Waals surface area contributed by atoms with E-state index in [1.54, 1.807) is 6.08 Å². The van der Waals surface area contributed by atoms with E-state index in [2.05, 4.69) is 31.3 Å². The molecule has 416 valence electrons. The predicted octanol–water partition coefficient (Wildman–Crippen LogP) is 2.81. The lowest BCUT2D eigenvalue weighted by Crippen LogP contribution is -2.66. The highest BCUT2D eigenvalue weighted by Gasteiger charge is 2.53. The predicted molar refractivity (Wildman–Crippen MR) is 263 cm³/mol. The first-order valence-corrected chi connectivity index (χ1v) is 27.1. The number of carbonyl (C=O) groups is 1. The van der Waals surface area contributed by atoms with Crippen molar-refractivity contribution >= 4 is 5.91 Å². The normalized spacial score (nSPS) is 32.4. The molecule has 0 radical (unpaired) electrons. The van der Waals surface area contributed by atoms with Gasteiger partial charge in [0.2, 0.25) is 5.91 Å². The summed E-state index contributed by atoms with van der Waals surface area (Å²) < 4.78 is 34.1. The van der Waals surface area contributed by atoms with Crippen LogP contribution in [0.2, 0.25) is 0 Å². The summed E-state index contributed by atoms with van der Waals surface area (Å²) in [5.74, 6) is -0.284. The van der Waals surface area contributed by atoms with E-state index >= 15 is 0 Å². The second-order valence-electron chi connectivity index (χ2n) is 19.7. The zero-order chi connectivity index (χ0) is 52.0. The fraction of sp³-hybridized carbons (Fsp3) is 0.904. The van der Waals surface area contributed by atoms with Gasteiger partial charge in [-0.05, 0) is 44.9 Å². The molecule has 17 unspecified atom stereocenters. The van der Waals surface area contributed by atoms with Crippen LogP contribution in [0.5, 0.6) is 0 Å². The topological polar surface area (TPSA) is 307 Å². The smallest absolute Gasteiger partial charge is 0.220 e. The number of aliphatic hydroxyl groups excluding tert-OH is 11. The summed E-state index contributed by atoms with van der Waals surface area (Å²) in [6.45, 7) is 1.62. The van der Waals surface area contributed by atoms with Crippen molar-refractivity contribution < 1.29 is 89.4 Å². The molecule has 3 aliphatic heterocycles. The molecule has 12 N–H and O–H groups in total. The van der Waals surface area contributed by atoms with Crippen molar-refractivity contribution in [2.45, 2.75) is 272 Å². The molecule has 0 aliphatic carbocycles. The van der Waals surface area contributed by atoms with Crippen LogP contribution in [0.4, 0.5) is 0 Å². The van der Waals surface area contributed by atoms with Crippen LogP contribution in [-0.4, -0.2) is 193 Å². The maximum absolute atomic E-state index is 13.2. The van der Waals surface area contributed by atoms with Gasteiger partial charge in [0.15, 0.2) is 18.9 Å². The Morgan fingerprint density at radius 1 is 0.493 bits per heavy atom. The van der Waals surface area contributed by atoms with Crippen LogP contribution < -0.4 is 5.32 Å². The number of aliphatic hydroxyl groups is 11. The third-order valence-corrected chi connectivity index (χ3v) is 13.7. The van der Waals surface area contributed by atoms with Crippen LogP contribution in [0, 0.1) is 0 Å². The maximum Gasteiger partial charge on any atom is 0.220 e. The van der Waals surface area contributed by atoms with Crippen molar-refractivity contribution in [2.75, 3.05) is 26.4 Å². The lowest BCUT2D eigenvalue weighted by molar-refractivity contribution is -0.379. The number of rotatable bonds is 38. The zero-order valence-corrected chi connectivity index (χ0v) is 42.7. The monoisotopic (exact) mass is 1020 g/mol. The summed E-state index contributed by atoms with van der Waals surface area (Å²) in [5, 5.41) is 119. The van der Waals surface area contributed by atoms with Crippen molar-refractivity contribution in [3.63, 3.8) is 0 Å². The van der Waals surface area contributed by atoms with Crippen LogP contribution in [-0.2, 0) is 33.2 Å². The molecule has 0 bridgehead atoms. The summed E-state index contributed by atoms with van der Waals surface area (Å²) in [6.07, 6.45) is 7.83. The lowest BCUT2D eigenvalue weighted by atomic mass is 9.96. The molecule has 3 rings (SSSR count). The van der Waals surface area contributed by atoms with E-state index in [4.69, 9.17) is 28.4 Å². The van der Waals surface area contributed by atoms with Crippen molar-refractivity contribution in [1.82, 2.24) is 5.32 Å². The minimum absolute atomic E-state index is 0.241. The van der Waals surface area contributed by atoms with Gasteiger partial charge in [-0.1, -0.05) is 141 Å². The minimum atomic E-state index is -1.97. The highest BCUT2D eigenvalue weighted by Crippen LogP contribution is 2.33.